The largest absolute Gasteiger partial charge is 0.493 e. The van der Waals surface area contributed by atoms with Gasteiger partial charge in [0.2, 0.25) is 0 Å². The molecule has 0 saturated carbocycles. The highest BCUT2D eigenvalue weighted by atomic mass is 16.5. The lowest BCUT2D eigenvalue weighted by molar-refractivity contribution is 0.322. The molecule has 2 heteroatoms. The molecule has 0 amide bonds. The summed E-state index contributed by atoms with van der Waals surface area (Å²) in [5.74, 6) is 0.823. The van der Waals surface area contributed by atoms with Crippen LogP contribution in [0.4, 0.5) is 0 Å². The Morgan fingerprint density at radius 2 is 1.67 bits per heavy atom. The number of rotatable bonds is 6. The zero-order valence-electron chi connectivity index (χ0n) is 15.5. The number of hydrogen-bond donors (Lipinski definition) is 0. The topological polar surface area (TPSA) is 22.4 Å². The lowest BCUT2D eigenvalue weighted by atomic mass is 10.1. The maximum absolute atomic E-state index is 6.00. The average Bonchev–Trinajstić information content (AvgIpc) is 3.05. The van der Waals surface area contributed by atoms with E-state index in [1.807, 2.05) is 37.3 Å². The van der Waals surface area contributed by atoms with E-state index in [1.165, 1.54) is 11.1 Å². The number of ether oxygens (including phenoxy) is 1. The fourth-order valence-corrected chi connectivity index (χ4v) is 3.23. The highest BCUT2D eigenvalue weighted by Crippen LogP contribution is 2.32. The molecule has 0 fully saturated rings. The lowest BCUT2D eigenvalue weighted by Gasteiger charge is -2.07. The molecule has 2 nitrogen and oxygen atoms in total. The van der Waals surface area contributed by atoms with Crippen molar-refractivity contribution in [1.29, 1.82) is 0 Å². The van der Waals surface area contributed by atoms with Crippen LogP contribution in [-0.2, 0) is 6.42 Å². The second-order valence-corrected chi connectivity index (χ2v) is 6.80. The summed E-state index contributed by atoms with van der Waals surface area (Å²) >= 11 is 0. The molecular formula is C25H22O2. The third kappa shape index (κ3) is 3.52. The molecule has 0 atom stereocenters. The van der Waals surface area contributed by atoms with Crippen LogP contribution in [0.1, 0.15) is 23.6 Å². The molecule has 0 radical (unpaired) electrons. The van der Waals surface area contributed by atoms with Crippen molar-refractivity contribution in [3.8, 4) is 5.75 Å². The molecule has 27 heavy (non-hydrogen) atoms. The maximum Gasteiger partial charge on any atom is 0.139 e. The Balaban J connectivity index is 1.48. The summed E-state index contributed by atoms with van der Waals surface area (Å²) in [6, 6.07) is 20.6. The van der Waals surface area contributed by atoms with E-state index >= 15 is 0 Å². The number of fused-ring (bicyclic) bond motifs is 3. The summed E-state index contributed by atoms with van der Waals surface area (Å²) in [7, 11) is 0. The predicted octanol–water partition coefficient (Wildman–Crippen LogP) is 6.88. The van der Waals surface area contributed by atoms with E-state index in [2.05, 4.69) is 49.6 Å². The molecule has 0 aliphatic carbocycles. The summed E-state index contributed by atoms with van der Waals surface area (Å²) in [5.41, 5.74) is 6.27. The third-order valence-electron chi connectivity index (χ3n) is 4.81. The van der Waals surface area contributed by atoms with Gasteiger partial charge in [0.05, 0.1) is 6.61 Å². The molecule has 134 valence electrons. The standard InChI is InChI=1S/C25H22O2/c1-4-18-7-11-22-23-12-10-21(16-25(23)27-24(22)15-18)26-14-13-19-5-8-20(9-6-19)17(2)3/h4-12,15-16H,1-2,13-14H2,3H3. The van der Waals surface area contributed by atoms with Crippen LogP contribution in [0.2, 0.25) is 0 Å². The Bertz CT molecular complexity index is 1130. The summed E-state index contributed by atoms with van der Waals surface area (Å²) < 4.78 is 11.9. The van der Waals surface area contributed by atoms with Gasteiger partial charge in [-0.05, 0) is 47.9 Å². The number of hydrogen-bond acceptors (Lipinski definition) is 2. The summed E-state index contributed by atoms with van der Waals surface area (Å²) in [6.07, 6.45) is 2.68. The van der Waals surface area contributed by atoms with Crippen LogP contribution < -0.4 is 4.74 Å². The first kappa shape index (κ1) is 17.2. The molecule has 0 unspecified atom stereocenters. The van der Waals surface area contributed by atoms with Gasteiger partial charge in [-0.3, -0.25) is 0 Å². The molecular weight excluding hydrogens is 332 g/mol. The highest BCUT2D eigenvalue weighted by molar-refractivity contribution is 6.05. The summed E-state index contributed by atoms with van der Waals surface area (Å²) in [4.78, 5) is 0. The molecule has 4 rings (SSSR count). The molecule has 0 aliphatic heterocycles. The Kier molecular flexibility index (Phi) is 4.55. The minimum atomic E-state index is 0.624. The predicted molar refractivity (Wildman–Crippen MR) is 114 cm³/mol. The normalized spacial score (nSPS) is 11.0. The Labute approximate surface area is 159 Å². The van der Waals surface area contributed by atoms with Gasteiger partial charge in [0.1, 0.15) is 16.9 Å². The van der Waals surface area contributed by atoms with E-state index in [4.69, 9.17) is 9.15 Å². The number of furan rings is 1. The first-order valence-corrected chi connectivity index (χ1v) is 9.10. The Morgan fingerprint density at radius 1 is 0.963 bits per heavy atom. The average molecular weight is 354 g/mol. The van der Waals surface area contributed by atoms with Crippen molar-refractivity contribution in [2.45, 2.75) is 13.3 Å². The quantitative estimate of drug-likeness (QED) is 0.376. The van der Waals surface area contributed by atoms with Gasteiger partial charge in [-0.25, -0.2) is 0 Å². The van der Waals surface area contributed by atoms with Crippen molar-refractivity contribution >= 4 is 33.6 Å². The number of benzene rings is 3. The van der Waals surface area contributed by atoms with Gasteiger partial charge >= 0.3 is 0 Å². The Morgan fingerprint density at radius 3 is 2.37 bits per heavy atom. The fraction of sp³-hybridized carbons (Fsp3) is 0.120. The van der Waals surface area contributed by atoms with Crippen molar-refractivity contribution in [2.75, 3.05) is 6.61 Å². The first-order chi connectivity index (χ1) is 13.1. The molecule has 0 N–H and O–H groups in total. The third-order valence-corrected chi connectivity index (χ3v) is 4.81. The van der Waals surface area contributed by atoms with Gasteiger partial charge in [0.25, 0.3) is 0 Å². The van der Waals surface area contributed by atoms with Crippen LogP contribution in [0.5, 0.6) is 5.75 Å². The molecule has 1 heterocycles. The van der Waals surface area contributed by atoms with Crippen molar-refractivity contribution in [1.82, 2.24) is 0 Å². The van der Waals surface area contributed by atoms with E-state index in [9.17, 15) is 0 Å². The molecule has 0 spiro atoms. The van der Waals surface area contributed by atoms with Crippen LogP contribution in [0.3, 0.4) is 0 Å². The van der Waals surface area contributed by atoms with Gasteiger partial charge in [0, 0.05) is 23.3 Å². The van der Waals surface area contributed by atoms with Crippen molar-refractivity contribution in [3.63, 3.8) is 0 Å². The van der Waals surface area contributed by atoms with E-state index < -0.39 is 0 Å². The van der Waals surface area contributed by atoms with Crippen LogP contribution in [0.15, 0.2) is 78.2 Å². The molecule has 0 bridgehead atoms. The minimum absolute atomic E-state index is 0.624. The van der Waals surface area contributed by atoms with Gasteiger partial charge in [0.15, 0.2) is 0 Å². The van der Waals surface area contributed by atoms with E-state index in [0.29, 0.717) is 6.61 Å². The van der Waals surface area contributed by atoms with E-state index in [0.717, 1.165) is 45.2 Å². The lowest BCUT2D eigenvalue weighted by Crippen LogP contribution is -2.01. The van der Waals surface area contributed by atoms with E-state index in [1.54, 1.807) is 0 Å². The van der Waals surface area contributed by atoms with Gasteiger partial charge < -0.3 is 9.15 Å². The van der Waals surface area contributed by atoms with Crippen molar-refractivity contribution < 1.29 is 9.15 Å². The molecule has 3 aromatic carbocycles. The highest BCUT2D eigenvalue weighted by Gasteiger charge is 2.08. The SMILES string of the molecule is C=Cc1ccc2c(c1)oc1cc(OCCc3ccc(C(=C)C)cc3)ccc12. The van der Waals surface area contributed by atoms with E-state index in [-0.39, 0.29) is 0 Å². The van der Waals surface area contributed by atoms with Gasteiger partial charge in [-0.1, -0.05) is 55.1 Å². The first-order valence-electron chi connectivity index (χ1n) is 9.10. The van der Waals surface area contributed by atoms with Crippen LogP contribution in [-0.4, -0.2) is 6.61 Å². The molecule has 0 aliphatic rings. The monoisotopic (exact) mass is 354 g/mol. The second kappa shape index (κ2) is 7.16. The minimum Gasteiger partial charge on any atom is -0.493 e. The van der Waals surface area contributed by atoms with Crippen LogP contribution in [0, 0.1) is 0 Å². The summed E-state index contributed by atoms with van der Waals surface area (Å²) in [6.45, 7) is 10.4. The second-order valence-electron chi connectivity index (χ2n) is 6.80. The maximum atomic E-state index is 6.00. The zero-order valence-corrected chi connectivity index (χ0v) is 15.5. The smallest absolute Gasteiger partial charge is 0.139 e. The van der Waals surface area contributed by atoms with Crippen molar-refractivity contribution in [2.24, 2.45) is 0 Å². The fourth-order valence-electron chi connectivity index (χ4n) is 3.23. The number of allylic oxidation sites excluding steroid dienone is 1. The molecule has 1 aromatic heterocycles. The van der Waals surface area contributed by atoms with Gasteiger partial charge in [-0.15, -0.1) is 0 Å². The Hall–Kier alpha value is -3.26. The molecule has 0 saturated heterocycles. The van der Waals surface area contributed by atoms with Crippen LogP contribution in [0.25, 0.3) is 33.6 Å². The van der Waals surface area contributed by atoms with Crippen LogP contribution >= 0.6 is 0 Å². The van der Waals surface area contributed by atoms with Gasteiger partial charge in [-0.2, -0.15) is 0 Å². The summed E-state index contributed by atoms with van der Waals surface area (Å²) in [5, 5.41) is 2.21. The molecule has 4 aromatic rings. The van der Waals surface area contributed by atoms with Crippen molar-refractivity contribution in [3.05, 3.63) is 90.5 Å². The zero-order chi connectivity index (χ0) is 18.8.